The van der Waals surface area contributed by atoms with E-state index in [0.29, 0.717) is 0 Å². The van der Waals surface area contributed by atoms with Crippen LogP contribution in [0.15, 0.2) is 30.3 Å². The van der Waals surface area contributed by atoms with Crippen LogP contribution in [0.5, 0.6) is 0 Å². The zero-order valence-corrected chi connectivity index (χ0v) is 11.7. The number of carbonyl (C=O) groups is 2. The quantitative estimate of drug-likeness (QED) is 0.858. The van der Waals surface area contributed by atoms with Crippen molar-refractivity contribution in [1.29, 1.82) is 0 Å². The Bertz CT molecular complexity index is 417. The highest BCUT2D eigenvalue weighted by Gasteiger charge is 2.21. The lowest BCUT2D eigenvalue weighted by molar-refractivity contribution is -0.122. The second-order valence-electron chi connectivity index (χ2n) is 4.58. The molecule has 1 rings (SSSR count). The number of carbonyl (C=O) groups excluding carboxylic acids is 2. The summed E-state index contributed by atoms with van der Waals surface area (Å²) in [5, 5.41) is 2.71. The van der Waals surface area contributed by atoms with Crippen molar-refractivity contribution < 1.29 is 14.3 Å². The third kappa shape index (κ3) is 4.73. The van der Waals surface area contributed by atoms with Crippen molar-refractivity contribution >= 4 is 11.9 Å². The van der Waals surface area contributed by atoms with E-state index in [1.165, 1.54) is 7.11 Å². The Morgan fingerprint density at radius 2 is 1.89 bits per heavy atom. The van der Waals surface area contributed by atoms with Gasteiger partial charge < -0.3 is 10.1 Å². The summed E-state index contributed by atoms with van der Waals surface area (Å²) in [5.41, 5.74) is 0.907. The van der Waals surface area contributed by atoms with E-state index in [1.807, 2.05) is 44.2 Å². The molecule has 0 aliphatic heterocycles. The molecule has 104 valence electrons. The largest absolute Gasteiger partial charge is 0.453 e. The van der Waals surface area contributed by atoms with Crippen molar-refractivity contribution in [3.63, 3.8) is 0 Å². The number of hydrogen-bond acceptors (Lipinski definition) is 3. The highest BCUT2D eigenvalue weighted by molar-refractivity contribution is 5.82. The molecule has 0 saturated heterocycles. The Balaban J connectivity index is 2.81. The normalized spacial score (nSPS) is 13.4. The van der Waals surface area contributed by atoms with Gasteiger partial charge in [0.25, 0.3) is 0 Å². The van der Waals surface area contributed by atoms with E-state index in [0.717, 1.165) is 12.0 Å². The topological polar surface area (TPSA) is 55.4 Å². The van der Waals surface area contributed by atoms with Crippen molar-refractivity contribution in [1.82, 2.24) is 5.32 Å². The Hall–Kier alpha value is -1.84. The van der Waals surface area contributed by atoms with Crippen molar-refractivity contribution in [2.24, 2.45) is 5.92 Å². The minimum atomic E-state index is -0.522. The maximum atomic E-state index is 12.0. The van der Waals surface area contributed by atoms with Gasteiger partial charge in [-0.1, -0.05) is 44.2 Å². The number of ketones is 1. The SMILES string of the molecule is CCC(C)C(=O)CC(NC(=O)OC)c1ccccc1. The Labute approximate surface area is 114 Å². The van der Waals surface area contributed by atoms with Crippen LogP contribution in [-0.2, 0) is 9.53 Å². The molecule has 4 heteroatoms. The molecular weight excluding hydrogens is 242 g/mol. The number of benzene rings is 1. The number of alkyl carbamates (subject to hydrolysis) is 1. The zero-order chi connectivity index (χ0) is 14.3. The van der Waals surface area contributed by atoms with Crippen molar-refractivity contribution in [2.75, 3.05) is 7.11 Å². The van der Waals surface area contributed by atoms with Crippen LogP contribution < -0.4 is 5.32 Å². The van der Waals surface area contributed by atoms with Crippen LogP contribution >= 0.6 is 0 Å². The van der Waals surface area contributed by atoms with Crippen molar-refractivity contribution in [3.8, 4) is 0 Å². The van der Waals surface area contributed by atoms with E-state index < -0.39 is 6.09 Å². The van der Waals surface area contributed by atoms with Crippen molar-refractivity contribution in [2.45, 2.75) is 32.7 Å². The molecule has 1 aromatic carbocycles. The number of methoxy groups -OCH3 is 1. The van der Waals surface area contributed by atoms with Gasteiger partial charge in [-0.05, 0) is 12.0 Å². The lowest BCUT2D eigenvalue weighted by Gasteiger charge is -2.19. The molecule has 0 bridgehead atoms. The van der Waals surface area contributed by atoms with Crippen LogP contribution in [0.2, 0.25) is 0 Å². The predicted octanol–water partition coefficient (Wildman–Crippen LogP) is 3.09. The fourth-order valence-electron chi connectivity index (χ4n) is 1.77. The second kappa shape index (κ2) is 7.56. The molecule has 0 spiro atoms. The minimum absolute atomic E-state index is 0.00524. The summed E-state index contributed by atoms with van der Waals surface area (Å²) in [6, 6.07) is 9.11. The van der Waals surface area contributed by atoms with Gasteiger partial charge in [0, 0.05) is 12.3 Å². The number of Topliss-reactive ketones (excluding diaryl/α,β-unsaturated/α-hetero) is 1. The summed E-state index contributed by atoms with van der Waals surface area (Å²) >= 11 is 0. The zero-order valence-electron chi connectivity index (χ0n) is 11.7. The van der Waals surface area contributed by atoms with Gasteiger partial charge in [-0.25, -0.2) is 4.79 Å². The fourth-order valence-corrected chi connectivity index (χ4v) is 1.77. The van der Waals surface area contributed by atoms with Gasteiger partial charge >= 0.3 is 6.09 Å². The van der Waals surface area contributed by atoms with Crippen molar-refractivity contribution in [3.05, 3.63) is 35.9 Å². The van der Waals surface area contributed by atoms with E-state index in [4.69, 9.17) is 0 Å². The maximum absolute atomic E-state index is 12.0. The second-order valence-corrected chi connectivity index (χ2v) is 4.58. The van der Waals surface area contributed by atoms with Gasteiger partial charge in [0.05, 0.1) is 13.2 Å². The standard InChI is InChI=1S/C15H21NO3/c1-4-11(2)14(17)10-13(16-15(18)19-3)12-8-6-5-7-9-12/h5-9,11,13H,4,10H2,1-3H3,(H,16,18). The molecule has 0 heterocycles. The van der Waals surface area contributed by atoms with Gasteiger partial charge in [0.1, 0.15) is 5.78 Å². The third-order valence-corrected chi connectivity index (χ3v) is 3.25. The summed E-state index contributed by atoms with van der Waals surface area (Å²) in [4.78, 5) is 23.4. The maximum Gasteiger partial charge on any atom is 0.407 e. The van der Waals surface area contributed by atoms with Crippen LogP contribution in [0, 0.1) is 5.92 Å². The average Bonchev–Trinajstić information content (AvgIpc) is 2.46. The summed E-state index contributed by atoms with van der Waals surface area (Å²) in [5.74, 6) is 0.151. The summed E-state index contributed by atoms with van der Waals surface area (Å²) < 4.78 is 4.61. The van der Waals surface area contributed by atoms with E-state index in [-0.39, 0.29) is 24.2 Å². The molecule has 0 radical (unpaired) electrons. The molecule has 1 N–H and O–H groups in total. The molecule has 19 heavy (non-hydrogen) atoms. The highest BCUT2D eigenvalue weighted by atomic mass is 16.5. The van der Waals surface area contributed by atoms with Crippen LogP contribution in [0.4, 0.5) is 4.79 Å². The molecular formula is C15H21NO3. The molecule has 0 aliphatic rings. The van der Waals surface area contributed by atoms with Crippen LogP contribution in [0.3, 0.4) is 0 Å². The van der Waals surface area contributed by atoms with E-state index >= 15 is 0 Å². The number of amides is 1. The third-order valence-electron chi connectivity index (χ3n) is 3.25. The molecule has 0 saturated carbocycles. The van der Waals surface area contributed by atoms with Crippen LogP contribution in [0.25, 0.3) is 0 Å². The smallest absolute Gasteiger partial charge is 0.407 e. The minimum Gasteiger partial charge on any atom is -0.453 e. The summed E-state index contributed by atoms with van der Waals surface area (Å²) in [7, 11) is 1.31. The number of nitrogens with one attached hydrogen (secondary N) is 1. The van der Waals surface area contributed by atoms with E-state index in [1.54, 1.807) is 0 Å². The molecule has 1 aromatic rings. The van der Waals surface area contributed by atoms with Gasteiger partial charge in [0.15, 0.2) is 0 Å². The number of ether oxygens (including phenoxy) is 1. The molecule has 0 aromatic heterocycles. The van der Waals surface area contributed by atoms with Gasteiger partial charge in [-0.15, -0.1) is 0 Å². The number of hydrogen-bond donors (Lipinski definition) is 1. The van der Waals surface area contributed by atoms with E-state index in [2.05, 4.69) is 10.1 Å². The molecule has 0 fully saturated rings. The first-order valence-corrected chi connectivity index (χ1v) is 6.50. The summed E-state index contributed by atoms with van der Waals surface area (Å²) in [6.45, 7) is 3.89. The predicted molar refractivity (Wildman–Crippen MR) is 73.8 cm³/mol. The lowest BCUT2D eigenvalue weighted by atomic mass is 9.94. The van der Waals surface area contributed by atoms with E-state index in [9.17, 15) is 9.59 Å². The van der Waals surface area contributed by atoms with Crippen LogP contribution in [-0.4, -0.2) is 19.0 Å². The molecule has 1 amide bonds. The van der Waals surface area contributed by atoms with Gasteiger partial charge in [-0.3, -0.25) is 4.79 Å². The summed E-state index contributed by atoms with van der Waals surface area (Å²) in [6.07, 6.45) is 0.568. The Morgan fingerprint density at radius 3 is 2.42 bits per heavy atom. The molecule has 4 nitrogen and oxygen atoms in total. The lowest BCUT2D eigenvalue weighted by Crippen LogP contribution is -2.31. The van der Waals surface area contributed by atoms with Gasteiger partial charge in [-0.2, -0.15) is 0 Å². The fraction of sp³-hybridized carbons (Fsp3) is 0.467. The first kappa shape index (κ1) is 15.2. The highest BCUT2D eigenvalue weighted by Crippen LogP contribution is 2.20. The molecule has 0 aliphatic carbocycles. The number of rotatable bonds is 6. The average molecular weight is 263 g/mol. The first-order valence-electron chi connectivity index (χ1n) is 6.50. The van der Waals surface area contributed by atoms with Crippen LogP contribution in [0.1, 0.15) is 38.3 Å². The first-order chi connectivity index (χ1) is 9.08. The monoisotopic (exact) mass is 263 g/mol. The Morgan fingerprint density at radius 1 is 1.26 bits per heavy atom. The molecule has 2 unspecified atom stereocenters. The Kier molecular flexibility index (Phi) is 6.06. The molecule has 2 atom stereocenters. The van der Waals surface area contributed by atoms with Gasteiger partial charge in [0.2, 0.25) is 0 Å².